The predicted molar refractivity (Wildman–Crippen MR) is 190 cm³/mol. The average molecular weight is 877 g/mol. The molecular weight excluding hydrogens is 855 g/mol. The van der Waals surface area contributed by atoms with Gasteiger partial charge in [0.2, 0.25) is 5.88 Å². The lowest BCUT2D eigenvalue weighted by molar-refractivity contribution is 0.0887. The second-order valence-corrected chi connectivity index (χ2v) is 11.8. The molecule has 16 nitrogen and oxygen atoms in total. The van der Waals surface area contributed by atoms with Crippen molar-refractivity contribution in [3.8, 4) is 35.1 Å². The highest BCUT2D eigenvalue weighted by Crippen LogP contribution is 2.31. The molecule has 0 aliphatic carbocycles. The highest BCUT2D eigenvalue weighted by atomic mass is 35.5. The van der Waals surface area contributed by atoms with Gasteiger partial charge < -0.3 is 19.8 Å². The number of hydrogen-bond donors (Lipinski definition) is 3. The fraction of sp³-hybridized carbons (Fsp3) is 0.152. The van der Waals surface area contributed by atoms with E-state index in [1.807, 2.05) is 0 Å². The van der Waals surface area contributed by atoms with Crippen molar-refractivity contribution < 1.29 is 39.9 Å². The van der Waals surface area contributed by atoms with E-state index in [9.17, 15) is 64.4 Å². The summed E-state index contributed by atoms with van der Waals surface area (Å²) in [7, 11) is 3.72. The maximum Gasteiger partial charge on any atom is 0.362 e. The number of aromatic nitrogens is 8. The summed E-state index contributed by atoms with van der Waals surface area (Å²) in [5.41, 5.74) is -10.0. The van der Waals surface area contributed by atoms with Gasteiger partial charge in [0, 0.05) is 56.7 Å². The highest BCUT2D eigenvalue weighted by Gasteiger charge is 2.32. The predicted octanol–water partition coefficient (Wildman–Crippen LogP) is 4.61. The van der Waals surface area contributed by atoms with E-state index in [0.29, 0.717) is 25.4 Å². The summed E-state index contributed by atoms with van der Waals surface area (Å²) in [5.74, 6) is -3.55. The number of aryl methyl sites for hydroxylation is 2. The van der Waals surface area contributed by atoms with Crippen LogP contribution in [0.25, 0.3) is 11.4 Å². The number of nitriles is 2. The van der Waals surface area contributed by atoms with Crippen LogP contribution in [0.15, 0.2) is 84.9 Å². The van der Waals surface area contributed by atoms with Gasteiger partial charge in [0.15, 0.2) is 0 Å². The molecule has 0 atom stereocenters. The van der Waals surface area contributed by atoms with Gasteiger partial charge >= 0.3 is 22.1 Å². The highest BCUT2D eigenvalue weighted by molar-refractivity contribution is 6.21. The Labute approximate surface area is 331 Å². The van der Waals surface area contributed by atoms with E-state index < -0.39 is 79.0 Å². The van der Waals surface area contributed by atoms with Gasteiger partial charge in [0.05, 0.1) is 35.9 Å². The van der Waals surface area contributed by atoms with Gasteiger partial charge in [-0.3, -0.25) is 23.5 Å². The smallest absolute Gasteiger partial charge is 0.362 e. The Morgan fingerprint density at radius 2 is 1.17 bits per heavy atom. The maximum atomic E-state index is 14.4. The zero-order valence-electron chi connectivity index (χ0n) is 29.6. The minimum Gasteiger partial charge on any atom is -0.438 e. The van der Waals surface area contributed by atoms with Crippen molar-refractivity contribution in [3.63, 3.8) is 0 Å². The number of ether oxygens (including phenoxy) is 1. The van der Waals surface area contributed by atoms with Crippen LogP contribution in [0, 0.1) is 40.1 Å². The first-order valence-electron chi connectivity index (χ1n) is 15.3. The molecule has 26 heteroatoms. The molecule has 0 bridgehead atoms. The lowest BCUT2D eigenvalue weighted by atomic mass is 10.2. The molecule has 0 unspecified atom stereocenters. The number of alkyl halides is 7. The van der Waals surface area contributed by atoms with Crippen molar-refractivity contribution in [2.24, 2.45) is 14.1 Å². The molecule has 310 valence electrons. The Hall–Kier alpha value is -7.18. The lowest BCUT2D eigenvalue weighted by Crippen LogP contribution is -2.36. The first kappa shape index (κ1) is 46.2. The van der Waals surface area contributed by atoms with Gasteiger partial charge in [-0.25, -0.2) is 36.6 Å². The van der Waals surface area contributed by atoms with E-state index >= 15 is 0 Å². The fourth-order valence-corrected chi connectivity index (χ4v) is 4.61. The number of benzene rings is 2. The van der Waals surface area contributed by atoms with E-state index in [4.69, 9.17) is 21.6 Å². The number of nitrogens with zero attached hydrogens (tertiary/aromatic N) is 7. The fourth-order valence-electron chi connectivity index (χ4n) is 4.40. The Bertz CT molecular complexity index is 2810. The van der Waals surface area contributed by atoms with Crippen molar-refractivity contribution in [2.45, 2.75) is 10.8 Å². The molecule has 0 spiro atoms. The summed E-state index contributed by atoms with van der Waals surface area (Å²) in [6.45, 7) is 0. The van der Waals surface area contributed by atoms with Crippen molar-refractivity contribution >= 4 is 23.2 Å². The molecule has 0 fully saturated rings. The molecule has 3 N–H and O–H groups in total. The van der Waals surface area contributed by atoms with E-state index in [1.165, 1.54) is 33.8 Å². The molecular formula is C33H22Cl2F8N10O6. The van der Waals surface area contributed by atoms with Crippen LogP contribution in [-0.2, 0) is 24.9 Å². The van der Waals surface area contributed by atoms with Crippen molar-refractivity contribution in [1.29, 1.82) is 10.5 Å². The minimum atomic E-state index is -4.01. The van der Waals surface area contributed by atoms with Gasteiger partial charge in [-0.1, -0.05) is 0 Å². The molecule has 0 amide bonds. The monoisotopic (exact) mass is 876 g/mol. The molecule has 4 aromatic heterocycles. The standard InChI is InChI=1S/C16H9ClF3N5O3.C12H4ClF4N3O2.C4H6N2O.CH3F/c1-24-14(2-3-22-24)28-11-5-10(9(18)4-8(11)7-21)25-13(26)6-12(16(17,19)20)23-15(25)27;13-12(16,17)9-3-10(21)20(11(22)19-9)8-2-6(14)5(4-18)1-7(8)15;1-6-4(7)2-3-5-6;1-2/h2-6H,1H3,(H,23,27);1-3H,(H,19,22);2-3,5H,1H3;1H3. The van der Waals surface area contributed by atoms with Crippen molar-refractivity contribution in [2.75, 3.05) is 7.18 Å². The van der Waals surface area contributed by atoms with Gasteiger partial charge in [0.25, 0.3) is 16.7 Å². The van der Waals surface area contributed by atoms with Crippen LogP contribution in [0.4, 0.5) is 35.1 Å². The van der Waals surface area contributed by atoms with Crippen LogP contribution in [0.1, 0.15) is 22.5 Å². The summed E-state index contributed by atoms with van der Waals surface area (Å²) in [6, 6.07) is 9.25. The third kappa shape index (κ3) is 11.0. The van der Waals surface area contributed by atoms with Crippen LogP contribution < -0.4 is 32.8 Å². The number of halogens is 10. The summed E-state index contributed by atoms with van der Waals surface area (Å²) < 4.78 is 112. The van der Waals surface area contributed by atoms with Crippen LogP contribution in [-0.4, -0.2) is 45.8 Å². The molecule has 6 aromatic rings. The zero-order valence-corrected chi connectivity index (χ0v) is 31.1. The summed E-state index contributed by atoms with van der Waals surface area (Å²) in [4.78, 5) is 61.4. The van der Waals surface area contributed by atoms with Crippen LogP contribution in [0.2, 0.25) is 0 Å². The molecule has 0 aliphatic rings. The lowest BCUT2D eigenvalue weighted by Gasteiger charge is -2.13. The second kappa shape index (κ2) is 18.8. The third-order valence-corrected chi connectivity index (χ3v) is 7.51. The van der Waals surface area contributed by atoms with Gasteiger partial charge in [-0.05, 0) is 35.3 Å². The maximum absolute atomic E-state index is 14.4. The topological polar surface area (TPSA) is 222 Å². The summed E-state index contributed by atoms with van der Waals surface area (Å²) in [5, 5.41) is 16.3. The molecule has 4 heterocycles. The summed E-state index contributed by atoms with van der Waals surface area (Å²) >= 11 is 9.48. The first-order valence-corrected chi connectivity index (χ1v) is 16.1. The molecule has 6 rings (SSSR count). The van der Waals surface area contributed by atoms with E-state index in [-0.39, 0.29) is 38.0 Å². The molecule has 0 radical (unpaired) electrons. The molecule has 0 aliphatic heterocycles. The van der Waals surface area contributed by atoms with E-state index in [2.05, 4.69) is 21.8 Å². The van der Waals surface area contributed by atoms with Crippen molar-refractivity contribution in [1.82, 2.24) is 38.7 Å². The molecule has 0 saturated carbocycles. The quantitative estimate of drug-likeness (QED) is 0.157. The Balaban J connectivity index is 0.000000266. The third-order valence-electron chi connectivity index (χ3n) is 7.10. The Kier molecular flexibility index (Phi) is 14.8. The largest absolute Gasteiger partial charge is 0.438 e. The van der Waals surface area contributed by atoms with Gasteiger partial charge in [-0.2, -0.15) is 33.2 Å². The van der Waals surface area contributed by atoms with E-state index in [0.717, 1.165) is 12.1 Å². The zero-order chi connectivity index (χ0) is 44.6. The van der Waals surface area contributed by atoms with Crippen molar-refractivity contribution in [3.05, 3.63) is 153 Å². The number of rotatable bonds is 6. The summed E-state index contributed by atoms with van der Waals surface area (Å²) in [6.07, 6.45) is 3.01. The average Bonchev–Trinajstić information content (AvgIpc) is 3.75. The van der Waals surface area contributed by atoms with Gasteiger partial charge in [-0.15, -0.1) is 0 Å². The van der Waals surface area contributed by atoms with Gasteiger partial charge in [0.1, 0.15) is 46.7 Å². The van der Waals surface area contributed by atoms with Crippen LogP contribution in [0.5, 0.6) is 11.6 Å². The van der Waals surface area contributed by atoms with E-state index in [1.54, 1.807) is 36.3 Å². The Morgan fingerprint density at radius 1 is 0.695 bits per heavy atom. The van der Waals surface area contributed by atoms with Crippen LogP contribution >= 0.6 is 23.2 Å². The molecule has 0 saturated heterocycles. The Morgan fingerprint density at radius 3 is 1.53 bits per heavy atom. The molecule has 2 aromatic carbocycles. The number of H-pyrrole nitrogens is 3. The first-order chi connectivity index (χ1) is 27.6. The normalized spacial score (nSPS) is 10.8. The molecule has 59 heavy (non-hydrogen) atoms. The SMILES string of the molecule is CF.Cn1[nH]ccc1=O.Cn1nccc1Oc1cc(-n2c(=O)cc(C(F)(F)Cl)[nH]c2=O)c(F)cc1C#N.N#Cc1cc(F)c(-n2c(=O)cc(C(F)(F)Cl)[nH]c2=O)cc1F. The second-order valence-electron chi connectivity index (χ2n) is 10.9. The number of hydrogen-bond acceptors (Lipinski definition) is 9. The number of aromatic amines is 3. The minimum absolute atomic E-state index is 0.000000000000000222. The number of nitrogens with one attached hydrogen (secondary N) is 3. The van der Waals surface area contributed by atoms with Crippen LogP contribution in [0.3, 0.4) is 0 Å².